The number of ether oxygens (including phenoxy) is 1. The van der Waals surface area contributed by atoms with Crippen LogP contribution in [-0.2, 0) is 14.3 Å². The van der Waals surface area contributed by atoms with E-state index in [1.807, 2.05) is 6.08 Å². The molecule has 1 aliphatic rings. The van der Waals surface area contributed by atoms with Crippen molar-refractivity contribution < 1.29 is 14.3 Å². The van der Waals surface area contributed by atoms with Crippen LogP contribution in [0.15, 0.2) is 11.6 Å². The van der Waals surface area contributed by atoms with Crippen LogP contribution in [0.2, 0.25) is 0 Å². The summed E-state index contributed by atoms with van der Waals surface area (Å²) in [5, 5.41) is 0. The van der Waals surface area contributed by atoms with Gasteiger partial charge in [-0.3, -0.25) is 0 Å². The molecule has 14 heavy (non-hydrogen) atoms. The fourth-order valence-electron chi connectivity index (χ4n) is 1.87. The van der Waals surface area contributed by atoms with E-state index in [1.54, 1.807) is 6.92 Å². The highest BCUT2D eigenvalue weighted by atomic mass is 16.5. The summed E-state index contributed by atoms with van der Waals surface area (Å²) in [6, 6.07) is 0. The first-order valence-corrected chi connectivity index (χ1v) is 4.93. The normalized spacial score (nSPS) is 21.3. The highest BCUT2D eigenvalue weighted by Gasteiger charge is 2.24. The zero-order chi connectivity index (χ0) is 10.6. The van der Waals surface area contributed by atoms with Gasteiger partial charge in [0.05, 0.1) is 7.11 Å². The first-order chi connectivity index (χ1) is 6.65. The van der Waals surface area contributed by atoms with Gasteiger partial charge in [0.15, 0.2) is 0 Å². The fourth-order valence-corrected chi connectivity index (χ4v) is 1.87. The molecule has 1 atom stereocenters. The smallest absolute Gasteiger partial charge is 0.333 e. The van der Waals surface area contributed by atoms with E-state index in [0.717, 1.165) is 19.3 Å². The minimum absolute atomic E-state index is 0.0775. The fraction of sp³-hybridized carbons (Fsp3) is 0.636. The van der Waals surface area contributed by atoms with Gasteiger partial charge in [0.2, 0.25) is 0 Å². The van der Waals surface area contributed by atoms with E-state index >= 15 is 0 Å². The molecule has 0 spiro atoms. The SMILES string of the molecule is COC(=O)C1=CCCCC1CC(C)=O. The van der Waals surface area contributed by atoms with Gasteiger partial charge in [-0.1, -0.05) is 6.08 Å². The van der Waals surface area contributed by atoms with Gasteiger partial charge in [-0.2, -0.15) is 0 Å². The Morgan fingerprint density at radius 3 is 2.86 bits per heavy atom. The van der Waals surface area contributed by atoms with Crippen LogP contribution in [0.25, 0.3) is 0 Å². The summed E-state index contributed by atoms with van der Waals surface area (Å²) < 4.78 is 4.68. The molecule has 0 aromatic rings. The molecule has 0 radical (unpaired) electrons. The molecule has 0 amide bonds. The third kappa shape index (κ3) is 2.69. The molecule has 0 heterocycles. The number of ketones is 1. The van der Waals surface area contributed by atoms with Crippen molar-refractivity contribution in [3.8, 4) is 0 Å². The molecule has 0 aromatic carbocycles. The number of methoxy groups -OCH3 is 1. The summed E-state index contributed by atoms with van der Waals surface area (Å²) in [6.07, 6.45) is 5.25. The number of hydrogen-bond acceptors (Lipinski definition) is 3. The van der Waals surface area contributed by atoms with E-state index < -0.39 is 0 Å². The van der Waals surface area contributed by atoms with Gasteiger partial charge in [-0.05, 0) is 32.1 Å². The van der Waals surface area contributed by atoms with Gasteiger partial charge in [-0.15, -0.1) is 0 Å². The zero-order valence-corrected chi connectivity index (χ0v) is 8.71. The van der Waals surface area contributed by atoms with Crippen LogP contribution in [0, 0.1) is 5.92 Å². The Hall–Kier alpha value is -1.12. The highest BCUT2D eigenvalue weighted by molar-refractivity contribution is 5.90. The van der Waals surface area contributed by atoms with Crippen molar-refractivity contribution in [1.29, 1.82) is 0 Å². The Balaban J connectivity index is 2.72. The molecule has 1 aliphatic carbocycles. The van der Waals surface area contributed by atoms with E-state index in [-0.39, 0.29) is 17.7 Å². The first kappa shape index (κ1) is 11.0. The van der Waals surface area contributed by atoms with E-state index in [4.69, 9.17) is 0 Å². The van der Waals surface area contributed by atoms with Crippen molar-refractivity contribution in [2.75, 3.05) is 7.11 Å². The van der Waals surface area contributed by atoms with Crippen LogP contribution in [0.5, 0.6) is 0 Å². The second kappa shape index (κ2) is 4.94. The Bertz CT molecular complexity index is 266. The van der Waals surface area contributed by atoms with Crippen LogP contribution < -0.4 is 0 Å². The molecule has 1 unspecified atom stereocenters. The summed E-state index contributed by atoms with van der Waals surface area (Å²) in [5.41, 5.74) is 0.689. The van der Waals surface area contributed by atoms with Crippen LogP contribution in [0.4, 0.5) is 0 Å². The molecular weight excluding hydrogens is 180 g/mol. The second-order valence-electron chi connectivity index (χ2n) is 3.69. The quantitative estimate of drug-likeness (QED) is 0.647. The van der Waals surface area contributed by atoms with Gasteiger partial charge >= 0.3 is 5.97 Å². The van der Waals surface area contributed by atoms with E-state index in [2.05, 4.69) is 4.74 Å². The lowest BCUT2D eigenvalue weighted by Gasteiger charge is -2.21. The minimum atomic E-state index is -0.282. The number of carbonyl (C=O) groups excluding carboxylic acids is 2. The first-order valence-electron chi connectivity index (χ1n) is 4.93. The second-order valence-corrected chi connectivity index (χ2v) is 3.69. The number of allylic oxidation sites excluding steroid dienone is 1. The van der Waals surface area contributed by atoms with E-state index in [9.17, 15) is 9.59 Å². The number of Topliss-reactive ketones (excluding diaryl/α,β-unsaturated/α-hetero) is 1. The van der Waals surface area contributed by atoms with Crippen molar-refractivity contribution in [3.05, 3.63) is 11.6 Å². The molecule has 0 saturated heterocycles. The van der Waals surface area contributed by atoms with Crippen molar-refractivity contribution in [1.82, 2.24) is 0 Å². The third-order valence-electron chi connectivity index (χ3n) is 2.52. The molecule has 3 heteroatoms. The predicted molar refractivity (Wildman–Crippen MR) is 52.7 cm³/mol. The van der Waals surface area contributed by atoms with Gasteiger partial charge in [0.25, 0.3) is 0 Å². The maximum Gasteiger partial charge on any atom is 0.333 e. The van der Waals surface area contributed by atoms with Gasteiger partial charge in [0.1, 0.15) is 5.78 Å². The Kier molecular flexibility index (Phi) is 3.86. The van der Waals surface area contributed by atoms with Crippen LogP contribution >= 0.6 is 0 Å². The number of carbonyl (C=O) groups is 2. The molecule has 0 saturated carbocycles. The van der Waals surface area contributed by atoms with Crippen molar-refractivity contribution >= 4 is 11.8 Å². The average Bonchev–Trinajstić information content (AvgIpc) is 2.16. The van der Waals surface area contributed by atoms with Crippen LogP contribution in [0.1, 0.15) is 32.6 Å². The Labute approximate surface area is 84.1 Å². The maximum absolute atomic E-state index is 11.4. The summed E-state index contributed by atoms with van der Waals surface area (Å²) >= 11 is 0. The Morgan fingerprint density at radius 2 is 2.29 bits per heavy atom. The summed E-state index contributed by atoms with van der Waals surface area (Å²) in [6.45, 7) is 1.56. The van der Waals surface area contributed by atoms with E-state index in [0.29, 0.717) is 12.0 Å². The van der Waals surface area contributed by atoms with Gasteiger partial charge in [-0.25, -0.2) is 4.79 Å². The molecule has 0 fully saturated rings. The third-order valence-corrected chi connectivity index (χ3v) is 2.52. The molecule has 1 rings (SSSR count). The number of rotatable bonds is 3. The topological polar surface area (TPSA) is 43.4 Å². The summed E-state index contributed by atoms with van der Waals surface area (Å²) in [4.78, 5) is 22.3. The lowest BCUT2D eigenvalue weighted by molar-refractivity contribution is -0.136. The average molecular weight is 196 g/mol. The summed E-state index contributed by atoms with van der Waals surface area (Å²) in [7, 11) is 1.38. The van der Waals surface area contributed by atoms with Crippen LogP contribution in [-0.4, -0.2) is 18.9 Å². The molecule has 0 bridgehead atoms. The Morgan fingerprint density at radius 1 is 1.57 bits per heavy atom. The number of hydrogen-bond donors (Lipinski definition) is 0. The highest BCUT2D eigenvalue weighted by Crippen LogP contribution is 2.28. The molecule has 78 valence electrons. The molecule has 3 nitrogen and oxygen atoms in total. The largest absolute Gasteiger partial charge is 0.466 e. The summed E-state index contributed by atoms with van der Waals surface area (Å²) in [5.74, 6) is -0.0728. The molecule has 0 aromatic heterocycles. The van der Waals surface area contributed by atoms with Crippen molar-refractivity contribution in [2.45, 2.75) is 32.6 Å². The lowest BCUT2D eigenvalue weighted by Crippen LogP contribution is -2.19. The van der Waals surface area contributed by atoms with Crippen molar-refractivity contribution in [3.63, 3.8) is 0 Å². The minimum Gasteiger partial charge on any atom is -0.466 e. The standard InChI is InChI=1S/C11H16O3/c1-8(12)7-9-5-3-4-6-10(9)11(13)14-2/h6,9H,3-5,7H2,1-2H3. The van der Waals surface area contributed by atoms with Crippen LogP contribution in [0.3, 0.4) is 0 Å². The molecular formula is C11H16O3. The van der Waals surface area contributed by atoms with Gasteiger partial charge < -0.3 is 9.53 Å². The van der Waals surface area contributed by atoms with Crippen molar-refractivity contribution in [2.24, 2.45) is 5.92 Å². The molecule has 0 N–H and O–H groups in total. The zero-order valence-electron chi connectivity index (χ0n) is 8.71. The lowest BCUT2D eigenvalue weighted by atomic mass is 9.84. The van der Waals surface area contributed by atoms with Gasteiger partial charge in [0, 0.05) is 12.0 Å². The van der Waals surface area contributed by atoms with E-state index in [1.165, 1.54) is 7.11 Å². The monoisotopic (exact) mass is 196 g/mol. The predicted octanol–water partition coefficient (Wildman–Crippen LogP) is 1.86. The number of esters is 1. The molecule has 0 aliphatic heterocycles. The maximum atomic E-state index is 11.4.